The lowest BCUT2D eigenvalue weighted by molar-refractivity contribution is -0.156. The molecule has 0 radical (unpaired) electrons. The molecule has 4 heteroatoms. The van der Waals surface area contributed by atoms with Crippen LogP contribution in [0.1, 0.15) is 26.2 Å². The van der Waals surface area contributed by atoms with Gasteiger partial charge in [-0.1, -0.05) is 0 Å². The first-order valence-corrected chi connectivity index (χ1v) is 4.48. The van der Waals surface area contributed by atoms with E-state index in [4.69, 9.17) is 9.84 Å². The van der Waals surface area contributed by atoms with Gasteiger partial charge >= 0.3 is 11.9 Å². The van der Waals surface area contributed by atoms with Crippen LogP contribution >= 0.6 is 0 Å². The van der Waals surface area contributed by atoms with Crippen molar-refractivity contribution in [3.8, 4) is 0 Å². The van der Waals surface area contributed by atoms with Gasteiger partial charge in [-0.25, -0.2) is 0 Å². The van der Waals surface area contributed by atoms with E-state index < -0.39 is 23.5 Å². The maximum Gasteiger partial charge on any atom is 0.321 e. The van der Waals surface area contributed by atoms with Crippen molar-refractivity contribution in [3.63, 3.8) is 0 Å². The smallest absolute Gasteiger partial charge is 0.321 e. The van der Waals surface area contributed by atoms with Gasteiger partial charge in [0.05, 0.1) is 0 Å². The fourth-order valence-electron chi connectivity index (χ4n) is 1.96. The number of rotatable bonds is 2. The van der Waals surface area contributed by atoms with Crippen molar-refractivity contribution in [1.29, 1.82) is 0 Å². The fourth-order valence-corrected chi connectivity index (χ4v) is 1.96. The Balaban J connectivity index is 2.13. The highest BCUT2D eigenvalue weighted by Gasteiger charge is 2.54. The maximum absolute atomic E-state index is 11.2. The third kappa shape index (κ3) is 1.30. The molecular weight excluding hydrogens is 172 g/mol. The lowest BCUT2D eigenvalue weighted by atomic mass is 9.91. The van der Waals surface area contributed by atoms with E-state index in [0.717, 1.165) is 12.8 Å². The van der Waals surface area contributed by atoms with Crippen molar-refractivity contribution in [2.75, 3.05) is 0 Å². The van der Waals surface area contributed by atoms with E-state index in [1.54, 1.807) is 0 Å². The standard InChI is InChI=1S/C9H12O4/c1-9(5-2-3-5)4-6(7(10)11)8(12)13-9/h5-6H,2-4H2,1H3,(H,10,11)/t6-,9-/m1/s1. The molecule has 2 atom stereocenters. The SMILES string of the molecule is C[C@]1(C2CC2)C[C@H](C(=O)O)C(=O)O1. The molecule has 2 aliphatic rings. The maximum atomic E-state index is 11.2. The largest absolute Gasteiger partial charge is 0.481 e. The summed E-state index contributed by atoms with van der Waals surface area (Å²) in [6.45, 7) is 1.84. The molecule has 1 saturated heterocycles. The molecule has 0 aromatic rings. The average molecular weight is 184 g/mol. The minimum atomic E-state index is -1.06. The molecule has 1 aliphatic heterocycles. The number of ether oxygens (including phenoxy) is 1. The molecular formula is C9H12O4. The Morgan fingerprint density at radius 1 is 1.62 bits per heavy atom. The summed E-state index contributed by atoms with van der Waals surface area (Å²) in [6.07, 6.45) is 2.44. The van der Waals surface area contributed by atoms with Crippen LogP contribution in [0.3, 0.4) is 0 Å². The Labute approximate surface area is 75.9 Å². The number of hydrogen-bond acceptors (Lipinski definition) is 3. The van der Waals surface area contributed by atoms with Crippen molar-refractivity contribution in [2.45, 2.75) is 31.8 Å². The molecule has 0 aromatic heterocycles. The minimum absolute atomic E-state index is 0.339. The predicted octanol–water partition coefficient (Wildman–Crippen LogP) is 0.803. The first kappa shape index (κ1) is 8.53. The molecule has 2 rings (SSSR count). The lowest BCUT2D eigenvalue weighted by Crippen LogP contribution is -2.26. The van der Waals surface area contributed by atoms with Gasteiger partial charge in [-0.15, -0.1) is 0 Å². The van der Waals surface area contributed by atoms with Crippen molar-refractivity contribution in [3.05, 3.63) is 0 Å². The zero-order chi connectivity index (χ0) is 9.64. The lowest BCUT2D eigenvalue weighted by Gasteiger charge is -2.21. The van der Waals surface area contributed by atoms with Crippen molar-refractivity contribution in [1.82, 2.24) is 0 Å². The summed E-state index contributed by atoms with van der Waals surface area (Å²) < 4.78 is 5.13. The topological polar surface area (TPSA) is 63.6 Å². The van der Waals surface area contributed by atoms with Gasteiger partial charge in [0.25, 0.3) is 0 Å². The molecule has 1 saturated carbocycles. The van der Waals surface area contributed by atoms with Gasteiger partial charge in [-0.05, 0) is 25.7 Å². The van der Waals surface area contributed by atoms with Gasteiger partial charge in [-0.3, -0.25) is 9.59 Å². The number of carbonyl (C=O) groups excluding carboxylic acids is 1. The van der Waals surface area contributed by atoms with Gasteiger partial charge < -0.3 is 9.84 Å². The predicted molar refractivity (Wildman–Crippen MR) is 43.0 cm³/mol. The third-order valence-corrected chi connectivity index (χ3v) is 2.97. The summed E-state index contributed by atoms with van der Waals surface area (Å²) in [7, 11) is 0. The number of carbonyl (C=O) groups is 2. The normalized spacial score (nSPS) is 38.8. The molecule has 4 nitrogen and oxygen atoms in total. The van der Waals surface area contributed by atoms with E-state index >= 15 is 0 Å². The van der Waals surface area contributed by atoms with Crippen LogP contribution in [0.2, 0.25) is 0 Å². The summed E-state index contributed by atoms with van der Waals surface area (Å²) in [5.74, 6) is -2.18. The monoisotopic (exact) mass is 184 g/mol. The van der Waals surface area contributed by atoms with Gasteiger partial charge in [0.1, 0.15) is 5.60 Å². The zero-order valence-electron chi connectivity index (χ0n) is 7.45. The Hall–Kier alpha value is -1.06. The van der Waals surface area contributed by atoms with Crippen LogP contribution < -0.4 is 0 Å². The summed E-state index contributed by atoms with van der Waals surface area (Å²) >= 11 is 0. The second-order valence-corrected chi connectivity index (χ2v) is 4.10. The van der Waals surface area contributed by atoms with Crippen LogP contribution in [-0.2, 0) is 14.3 Å². The summed E-state index contributed by atoms with van der Waals surface area (Å²) in [5.41, 5.74) is -0.500. The molecule has 0 unspecified atom stereocenters. The van der Waals surface area contributed by atoms with Crippen LogP contribution in [0.25, 0.3) is 0 Å². The van der Waals surface area contributed by atoms with E-state index in [1.165, 1.54) is 0 Å². The van der Waals surface area contributed by atoms with Crippen molar-refractivity contribution in [2.24, 2.45) is 11.8 Å². The van der Waals surface area contributed by atoms with Crippen LogP contribution in [0.5, 0.6) is 0 Å². The third-order valence-electron chi connectivity index (χ3n) is 2.97. The molecule has 1 N–H and O–H groups in total. The first-order chi connectivity index (χ1) is 6.03. The molecule has 72 valence electrons. The molecule has 1 heterocycles. The Bertz CT molecular complexity index is 269. The number of aliphatic carboxylic acids is 1. The summed E-state index contributed by atoms with van der Waals surface area (Å²) in [6, 6.07) is 0. The highest BCUT2D eigenvalue weighted by atomic mass is 16.6. The van der Waals surface area contributed by atoms with Crippen molar-refractivity contribution < 1.29 is 19.4 Å². The van der Waals surface area contributed by atoms with Crippen molar-refractivity contribution >= 4 is 11.9 Å². The Morgan fingerprint density at radius 2 is 2.23 bits per heavy atom. The van der Waals surface area contributed by atoms with Gasteiger partial charge in [0, 0.05) is 6.42 Å². The Kier molecular flexibility index (Phi) is 1.62. The molecule has 0 spiro atoms. The van der Waals surface area contributed by atoms with Gasteiger partial charge in [0.2, 0.25) is 0 Å². The van der Waals surface area contributed by atoms with Gasteiger partial charge in [0.15, 0.2) is 5.92 Å². The van der Waals surface area contributed by atoms with Crippen LogP contribution in [-0.4, -0.2) is 22.6 Å². The van der Waals surface area contributed by atoms with Crippen LogP contribution in [0, 0.1) is 11.8 Å². The summed E-state index contributed by atoms with van der Waals surface area (Å²) in [5, 5.41) is 8.72. The second-order valence-electron chi connectivity index (χ2n) is 4.10. The highest BCUT2D eigenvalue weighted by molar-refractivity contribution is 5.95. The van der Waals surface area contributed by atoms with Gasteiger partial charge in [-0.2, -0.15) is 0 Å². The molecule has 0 aromatic carbocycles. The minimum Gasteiger partial charge on any atom is -0.481 e. The van der Waals surface area contributed by atoms with Crippen LogP contribution in [0.15, 0.2) is 0 Å². The molecule has 2 fully saturated rings. The van der Waals surface area contributed by atoms with Crippen LogP contribution in [0.4, 0.5) is 0 Å². The quantitative estimate of drug-likeness (QED) is 0.509. The average Bonchev–Trinajstić information content (AvgIpc) is 2.78. The van der Waals surface area contributed by atoms with E-state index in [9.17, 15) is 9.59 Å². The number of carboxylic acid groups (broad SMARTS) is 1. The summed E-state index contributed by atoms with van der Waals surface area (Å²) in [4.78, 5) is 21.8. The Morgan fingerprint density at radius 3 is 2.62 bits per heavy atom. The fraction of sp³-hybridized carbons (Fsp3) is 0.778. The number of carboxylic acids is 1. The van der Waals surface area contributed by atoms with E-state index in [0.29, 0.717) is 12.3 Å². The second kappa shape index (κ2) is 2.47. The first-order valence-electron chi connectivity index (χ1n) is 4.48. The molecule has 1 aliphatic carbocycles. The zero-order valence-corrected chi connectivity index (χ0v) is 7.45. The highest BCUT2D eigenvalue weighted by Crippen LogP contribution is 2.48. The number of esters is 1. The number of hydrogen-bond donors (Lipinski definition) is 1. The molecule has 13 heavy (non-hydrogen) atoms. The molecule has 0 amide bonds. The van der Waals surface area contributed by atoms with E-state index in [-0.39, 0.29) is 0 Å². The molecule has 0 bridgehead atoms. The number of cyclic esters (lactones) is 1. The van der Waals surface area contributed by atoms with E-state index in [2.05, 4.69) is 0 Å². The van der Waals surface area contributed by atoms with E-state index in [1.807, 2.05) is 6.92 Å².